The number of nitrogens with one attached hydrogen (secondary N) is 1. The molecule has 4 rings (SSSR count). The van der Waals surface area contributed by atoms with Gasteiger partial charge >= 0.3 is 0 Å². The third-order valence-electron chi connectivity index (χ3n) is 4.53. The molecule has 2 aromatic heterocycles. The van der Waals surface area contributed by atoms with E-state index < -0.39 is 11.7 Å². The maximum Gasteiger partial charge on any atom is 0.255 e. The predicted molar refractivity (Wildman–Crippen MR) is 106 cm³/mol. The number of carbonyl (C=O) groups is 1. The van der Waals surface area contributed by atoms with Crippen LogP contribution in [-0.2, 0) is 0 Å². The van der Waals surface area contributed by atoms with Crippen LogP contribution in [0, 0.1) is 12.7 Å². The van der Waals surface area contributed by atoms with Crippen molar-refractivity contribution in [3.8, 4) is 17.0 Å². The molecule has 1 N–H and O–H groups in total. The summed E-state index contributed by atoms with van der Waals surface area (Å²) >= 11 is 0. The van der Waals surface area contributed by atoms with Crippen molar-refractivity contribution in [2.24, 2.45) is 0 Å². The lowest BCUT2D eigenvalue weighted by atomic mass is 10.1. The number of ether oxygens (including phenoxy) is 1. The summed E-state index contributed by atoms with van der Waals surface area (Å²) in [5.41, 5.74) is 4.64. The molecule has 0 saturated carbocycles. The maximum atomic E-state index is 13.8. The highest BCUT2D eigenvalue weighted by Crippen LogP contribution is 2.23. The lowest BCUT2D eigenvalue weighted by molar-refractivity contribution is 0.102. The molecule has 0 aliphatic rings. The van der Waals surface area contributed by atoms with Crippen molar-refractivity contribution < 1.29 is 13.9 Å². The third-order valence-corrected chi connectivity index (χ3v) is 4.53. The van der Waals surface area contributed by atoms with Crippen LogP contribution < -0.4 is 10.1 Å². The Balaban J connectivity index is 1.53. The van der Waals surface area contributed by atoms with E-state index in [9.17, 15) is 9.18 Å². The van der Waals surface area contributed by atoms with Crippen molar-refractivity contribution in [1.29, 1.82) is 0 Å². The lowest BCUT2D eigenvalue weighted by Crippen LogP contribution is -2.12. The quantitative estimate of drug-likeness (QED) is 0.562. The summed E-state index contributed by atoms with van der Waals surface area (Å²) in [5, 5.41) is 2.77. The van der Waals surface area contributed by atoms with Gasteiger partial charge in [-0.3, -0.25) is 4.79 Å². The van der Waals surface area contributed by atoms with Crippen molar-refractivity contribution in [1.82, 2.24) is 9.38 Å². The normalized spacial score (nSPS) is 10.8. The van der Waals surface area contributed by atoms with Crippen LogP contribution in [-0.4, -0.2) is 22.4 Å². The molecule has 0 fully saturated rings. The van der Waals surface area contributed by atoms with Crippen molar-refractivity contribution in [2.45, 2.75) is 6.92 Å². The fourth-order valence-electron chi connectivity index (χ4n) is 3.03. The first-order valence-corrected chi connectivity index (χ1v) is 8.75. The number of methoxy groups -OCH3 is 1. The molecule has 0 saturated heterocycles. The molecular weight excluding hydrogens is 357 g/mol. The van der Waals surface area contributed by atoms with E-state index in [4.69, 9.17) is 4.74 Å². The second kappa shape index (κ2) is 7.15. The number of aromatic nitrogens is 2. The Bertz CT molecular complexity index is 1170. The van der Waals surface area contributed by atoms with Gasteiger partial charge in [0.15, 0.2) is 11.6 Å². The standard InChI is InChI=1S/C22H18FN3O2/c1-14-4-3-11-26-13-19(25-21(14)26)15-5-8-17(9-6-15)24-22(27)16-7-10-20(28-2)18(23)12-16/h3-13H,1-2H3,(H,24,27). The number of aryl methyl sites for hydroxylation is 1. The number of rotatable bonds is 4. The van der Waals surface area contributed by atoms with Gasteiger partial charge in [0.2, 0.25) is 0 Å². The highest BCUT2D eigenvalue weighted by atomic mass is 19.1. The average Bonchev–Trinajstić information content (AvgIpc) is 3.14. The van der Waals surface area contributed by atoms with Gasteiger partial charge in [0.25, 0.3) is 5.91 Å². The molecule has 0 unspecified atom stereocenters. The predicted octanol–water partition coefficient (Wildman–Crippen LogP) is 4.71. The van der Waals surface area contributed by atoms with Crippen molar-refractivity contribution in [3.63, 3.8) is 0 Å². The molecule has 140 valence electrons. The first-order valence-electron chi connectivity index (χ1n) is 8.75. The van der Waals surface area contributed by atoms with E-state index in [2.05, 4.69) is 10.3 Å². The van der Waals surface area contributed by atoms with Gasteiger partial charge in [0.05, 0.1) is 12.8 Å². The number of fused-ring (bicyclic) bond motifs is 1. The first-order chi connectivity index (χ1) is 13.5. The van der Waals surface area contributed by atoms with Gasteiger partial charge in [-0.05, 0) is 48.9 Å². The Kier molecular flexibility index (Phi) is 4.53. The molecule has 28 heavy (non-hydrogen) atoms. The molecule has 4 aromatic rings. The minimum atomic E-state index is -0.576. The zero-order valence-corrected chi connectivity index (χ0v) is 15.4. The molecule has 2 aromatic carbocycles. The summed E-state index contributed by atoms with van der Waals surface area (Å²) in [6.45, 7) is 2.02. The summed E-state index contributed by atoms with van der Waals surface area (Å²) < 4.78 is 20.6. The van der Waals surface area contributed by atoms with Gasteiger partial charge < -0.3 is 14.5 Å². The molecule has 0 aliphatic heterocycles. The van der Waals surface area contributed by atoms with E-state index in [-0.39, 0.29) is 11.3 Å². The minimum absolute atomic E-state index is 0.101. The Morgan fingerprint density at radius 3 is 2.61 bits per heavy atom. The maximum absolute atomic E-state index is 13.8. The highest BCUT2D eigenvalue weighted by molar-refractivity contribution is 6.04. The molecular formula is C22H18FN3O2. The number of amides is 1. The molecule has 0 atom stereocenters. The number of nitrogens with zero attached hydrogens (tertiary/aromatic N) is 2. The van der Waals surface area contributed by atoms with Crippen LogP contribution in [0.25, 0.3) is 16.9 Å². The van der Waals surface area contributed by atoms with Crippen LogP contribution in [0.1, 0.15) is 15.9 Å². The largest absolute Gasteiger partial charge is 0.494 e. The Morgan fingerprint density at radius 2 is 1.93 bits per heavy atom. The molecule has 0 spiro atoms. The highest BCUT2D eigenvalue weighted by Gasteiger charge is 2.11. The summed E-state index contributed by atoms with van der Waals surface area (Å²) in [4.78, 5) is 17.0. The number of benzene rings is 2. The van der Waals surface area contributed by atoms with E-state index in [1.54, 1.807) is 12.1 Å². The number of pyridine rings is 1. The van der Waals surface area contributed by atoms with Crippen LogP contribution in [0.4, 0.5) is 10.1 Å². The van der Waals surface area contributed by atoms with Crippen molar-refractivity contribution in [2.75, 3.05) is 12.4 Å². The van der Waals surface area contributed by atoms with E-state index >= 15 is 0 Å². The average molecular weight is 375 g/mol. The fraction of sp³-hybridized carbons (Fsp3) is 0.0909. The molecule has 0 bridgehead atoms. The van der Waals surface area contributed by atoms with Crippen LogP contribution in [0.3, 0.4) is 0 Å². The zero-order valence-electron chi connectivity index (χ0n) is 15.4. The van der Waals surface area contributed by atoms with Crippen molar-refractivity contribution in [3.05, 3.63) is 83.9 Å². The number of carbonyl (C=O) groups excluding carboxylic acids is 1. The SMILES string of the molecule is COc1ccc(C(=O)Nc2ccc(-c3cn4cccc(C)c4n3)cc2)cc1F. The minimum Gasteiger partial charge on any atom is -0.494 e. The van der Waals surface area contributed by atoms with Gasteiger partial charge in [-0.25, -0.2) is 9.37 Å². The Labute approximate surface area is 161 Å². The van der Waals surface area contributed by atoms with Crippen LogP contribution in [0.2, 0.25) is 0 Å². The Morgan fingerprint density at radius 1 is 1.14 bits per heavy atom. The Hall–Kier alpha value is -3.67. The number of imidazole rings is 1. The molecule has 6 heteroatoms. The van der Waals surface area contributed by atoms with Gasteiger partial charge in [-0.1, -0.05) is 18.2 Å². The number of hydrogen-bond acceptors (Lipinski definition) is 3. The van der Waals surface area contributed by atoms with Gasteiger partial charge in [-0.15, -0.1) is 0 Å². The topological polar surface area (TPSA) is 55.6 Å². The fourth-order valence-corrected chi connectivity index (χ4v) is 3.03. The lowest BCUT2D eigenvalue weighted by Gasteiger charge is -2.07. The van der Waals surface area contributed by atoms with Crippen LogP contribution >= 0.6 is 0 Å². The summed E-state index contributed by atoms with van der Waals surface area (Å²) in [6, 6.07) is 15.5. The first kappa shape index (κ1) is 17.7. The number of halogens is 1. The van der Waals surface area contributed by atoms with Gasteiger partial charge in [0, 0.05) is 29.2 Å². The van der Waals surface area contributed by atoms with Gasteiger partial charge in [-0.2, -0.15) is 0 Å². The third kappa shape index (κ3) is 3.32. The monoisotopic (exact) mass is 375 g/mol. The molecule has 0 aliphatic carbocycles. The van der Waals surface area contributed by atoms with Crippen LogP contribution in [0.15, 0.2) is 67.0 Å². The van der Waals surface area contributed by atoms with Gasteiger partial charge in [0.1, 0.15) is 5.65 Å². The molecule has 1 amide bonds. The van der Waals surface area contributed by atoms with E-state index in [1.807, 2.05) is 48.0 Å². The van der Waals surface area contributed by atoms with E-state index in [1.165, 1.54) is 19.2 Å². The second-order valence-corrected chi connectivity index (χ2v) is 6.43. The number of anilines is 1. The van der Waals surface area contributed by atoms with Crippen molar-refractivity contribution >= 4 is 17.2 Å². The summed E-state index contributed by atoms with van der Waals surface area (Å²) in [7, 11) is 1.38. The summed E-state index contributed by atoms with van der Waals surface area (Å²) in [6.07, 6.45) is 3.93. The summed E-state index contributed by atoms with van der Waals surface area (Å²) in [5.74, 6) is -0.867. The smallest absolute Gasteiger partial charge is 0.255 e. The van der Waals surface area contributed by atoms with E-state index in [0.717, 1.165) is 28.5 Å². The van der Waals surface area contributed by atoms with E-state index in [0.29, 0.717) is 5.69 Å². The molecule has 5 nitrogen and oxygen atoms in total. The molecule has 2 heterocycles. The number of hydrogen-bond donors (Lipinski definition) is 1. The second-order valence-electron chi connectivity index (χ2n) is 6.43. The molecule has 0 radical (unpaired) electrons. The van der Waals surface area contributed by atoms with Crippen LogP contribution in [0.5, 0.6) is 5.75 Å². The zero-order chi connectivity index (χ0) is 19.7.